The van der Waals surface area contributed by atoms with Gasteiger partial charge in [-0.05, 0) is 49.8 Å². The summed E-state index contributed by atoms with van der Waals surface area (Å²) in [6.07, 6.45) is 4.39. The number of urea groups is 1. The van der Waals surface area contributed by atoms with Gasteiger partial charge in [-0.15, -0.1) is 0 Å². The van der Waals surface area contributed by atoms with Crippen LogP contribution in [-0.2, 0) is 15.1 Å². The summed E-state index contributed by atoms with van der Waals surface area (Å²) in [5, 5.41) is 14.4. The number of carboxylic acid groups (broad SMARTS) is 1. The zero-order valence-electron chi connectivity index (χ0n) is 15.6. The van der Waals surface area contributed by atoms with E-state index in [4.69, 9.17) is 0 Å². The van der Waals surface area contributed by atoms with Crippen molar-refractivity contribution in [3.05, 3.63) is 35.4 Å². The highest BCUT2D eigenvalue weighted by Gasteiger charge is 2.48. The molecule has 28 heavy (non-hydrogen) atoms. The number of nitrogens with zero attached hydrogens (tertiary/aromatic N) is 1. The van der Waals surface area contributed by atoms with Gasteiger partial charge in [0.1, 0.15) is 11.6 Å². The van der Waals surface area contributed by atoms with Gasteiger partial charge in [0, 0.05) is 11.6 Å². The van der Waals surface area contributed by atoms with Gasteiger partial charge in [0.05, 0.1) is 0 Å². The van der Waals surface area contributed by atoms with E-state index in [1.54, 1.807) is 36.1 Å². The summed E-state index contributed by atoms with van der Waals surface area (Å²) in [5.74, 6) is -1.46. The molecule has 3 N–H and O–H groups in total. The molecule has 2 saturated heterocycles. The lowest BCUT2D eigenvalue weighted by Crippen LogP contribution is -2.46. The van der Waals surface area contributed by atoms with E-state index in [-0.39, 0.29) is 17.9 Å². The van der Waals surface area contributed by atoms with Crippen LogP contribution in [0.25, 0.3) is 0 Å². The lowest BCUT2D eigenvalue weighted by Gasteiger charge is -2.33. The van der Waals surface area contributed by atoms with Crippen LogP contribution in [0.4, 0.5) is 4.79 Å². The predicted molar refractivity (Wildman–Crippen MR) is 98.4 cm³/mol. The number of fused-ring (bicyclic) bond motifs is 1. The van der Waals surface area contributed by atoms with Crippen LogP contribution < -0.4 is 10.6 Å². The van der Waals surface area contributed by atoms with Crippen molar-refractivity contribution in [3.63, 3.8) is 0 Å². The summed E-state index contributed by atoms with van der Waals surface area (Å²) in [4.78, 5) is 50.0. The number of benzene rings is 1. The number of carbonyl (C=O) groups excluding carboxylic acids is 3. The molecular formula is C20H23N3O5. The number of carboxylic acids is 1. The molecule has 0 radical (unpaired) electrons. The largest absolute Gasteiger partial charge is 0.480 e. The van der Waals surface area contributed by atoms with E-state index in [2.05, 4.69) is 10.6 Å². The first kappa shape index (κ1) is 18.5. The number of hydrogen-bond donors (Lipinski definition) is 3. The number of imide groups is 1. The van der Waals surface area contributed by atoms with Crippen LogP contribution in [-0.4, -0.2) is 45.9 Å². The van der Waals surface area contributed by atoms with E-state index in [0.717, 1.165) is 25.7 Å². The molecular weight excluding hydrogens is 362 g/mol. The van der Waals surface area contributed by atoms with Crippen LogP contribution >= 0.6 is 0 Å². The zero-order valence-corrected chi connectivity index (χ0v) is 15.6. The first-order valence-corrected chi connectivity index (χ1v) is 9.61. The highest BCUT2D eigenvalue weighted by molar-refractivity contribution is 6.07. The highest BCUT2D eigenvalue weighted by atomic mass is 16.4. The van der Waals surface area contributed by atoms with Crippen LogP contribution in [0, 0.1) is 5.92 Å². The summed E-state index contributed by atoms with van der Waals surface area (Å²) in [7, 11) is 0. The number of aliphatic carboxylic acids is 1. The number of hydrogen-bond acceptors (Lipinski definition) is 4. The minimum absolute atomic E-state index is 0.0283. The number of nitrogens with one attached hydrogen (secondary N) is 2. The molecule has 4 atom stereocenters. The van der Waals surface area contributed by atoms with Crippen molar-refractivity contribution < 1.29 is 24.3 Å². The Morgan fingerprint density at radius 1 is 1.14 bits per heavy atom. The molecule has 148 valence electrons. The quantitative estimate of drug-likeness (QED) is 0.684. The fraction of sp³-hybridized carbons (Fsp3) is 0.500. The Kier molecular flexibility index (Phi) is 4.36. The molecule has 0 spiro atoms. The third-order valence-electron chi connectivity index (χ3n) is 6.36. The third-order valence-corrected chi connectivity index (χ3v) is 6.36. The summed E-state index contributed by atoms with van der Waals surface area (Å²) in [5.41, 5.74) is -0.251. The maximum Gasteiger partial charge on any atom is 0.326 e. The van der Waals surface area contributed by atoms with Gasteiger partial charge >= 0.3 is 12.0 Å². The number of amides is 4. The van der Waals surface area contributed by atoms with Crippen LogP contribution in [0.5, 0.6) is 0 Å². The average molecular weight is 385 g/mol. The SMILES string of the molecule is C[C@]1(c2ccc(C(=O)N3[C@H](C(=O)O)C[C@@H]4CCCC[C@@H]43)cc2)NC(=O)NC1=O. The molecule has 4 amide bonds. The first-order chi connectivity index (χ1) is 13.3. The Bertz CT molecular complexity index is 852. The molecule has 2 heterocycles. The van der Waals surface area contributed by atoms with Crippen molar-refractivity contribution in [2.75, 3.05) is 0 Å². The van der Waals surface area contributed by atoms with Gasteiger partial charge in [-0.25, -0.2) is 9.59 Å². The molecule has 4 rings (SSSR count). The topological polar surface area (TPSA) is 116 Å². The van der Waals surface area contributed by atoms with Crippen molar-refractivity contribution >= 4 is 23.8 Å². The lowest BCUT2D eigenvalue weighted by molar-refractivity contribution is -0.141. The van der Waals surface area contributed by atoms with Gasteiger partial charge in [-0.3, -0.25) is 14.9 Å². The van der Waals surface area contributed by atoms with Gasteiger partial charge < -0.3 is 15.3 Å². The Morgan fingerprint density at radius 3 is 2.43 bits per heavy atom. The van der Waals surface area contributed by atoms with Crippen molar-refractivity contribution in [2.24, 2.45) is 5.92 Å². The van der Waals surface area contributed by atoms with Crippen molar-refractivity contribution in [1.29, 1.82) is 0 Å². The van der Waals surface area contributed by atoms with Crippen molar-refractivity contribution in [1.82, 2.24) is 15.5 Å². The van der Waals surface area contributed by atoms with Gasteiger partial charge in [0.15, 0.2) is 0 Å². The minimum Gasteiger partial charge on any atom is -0.480 e. The van der Waals surface area contributed by atoms with E-state index >= 15 is 0 Å². The zero-order chi connectivity index (χ0) is 20.1. The molecule has 0 bridgehead atoms. The fourth-order valence-electron chi connectivity index (χ4n) is 4.81. The molecule has 8 heteroatoms. The standard InChI is InChI=1S/C20H23N3O5/c1-20(18(27)21-19(28)22-20)13-8-6-11(7-9-13)16(24)23-14-5-3-2-4-12(14)10-15(23)17(25)26/h6-9,12,14-15H,2-5,10H2,1H3,(H,25,26)(H2,21,22,27,28)/t12-,14-,15-,20+/m0/s1. The van der Waals surface area contributed by atoms with Crippen molar-refractivity contribution in [2.45, 2.75) is 56.7 Å². The number of likely N-dealkylation sites (tertiary alicyclic amines) is 1. The van der Waals surface area contributed by atoms with E-state index in [9.17, 15) is 24.3 Å². The summed E-state index contributed by atoms with van der Waals surface area (Å²) >= 11 is 0. The molecule has 1 aromatic rings. The van der Waals surface area contributed by atoms with Crippen LogP contribution in [0.1, 0.15) is 54.9 Å². The van der Waals surface area contributed by atoms with Crippen LogP contribution in [0.15, 0.2) is 24.3 Å². The molecule has 1 aromatic carbocycles. The first-order valence-electron chi connectivity index (χ1n) is 9.61. The number of rotatable bonds is 3. The Morgan fingerprint density at radius 2 is 1.82 bits per heavy atom. The highest BCUT2D eigenvalue weighted by Crippen LogP contribution is 2.40. The second-order valence-corrected chi connectivity index (χ2v) is 8.02. The molecule has 3 aliphatic rings. The minimum atomic E-state index is -1.19. The Labute approximate surface area is 162 Å². The normalized spacial score (nSPS) is 31.9. The lowest BCUT2D eigenvalue weighted by atomic mass is 9.84. The molecule has 3 fully saturated rings. The van der Waals surface area contributed by atoms with Gasteiger partial charge in [-0.2, -0.15) is 0 Å². The molecule has 1 saturated carbocycles. The fourth-order valence-corrected chi connectivity index (χ4v) is 4.81. The summed E-state index contributed by atoms with van der Waals surface area (Å²) in [6, 6.07) is 5.06. The van der Waals surface area contributed by atoms with E-state index in [1.807, 2.05) is 0 Å². The average Bonchev–Trinajstić information content (AvgIpc) is 3.19. The van der Waals surface area contributed by atoms with Gasteiger partial charge in [-0.1, -0.05) is 25.0 Å². The van der Waals surface area contributed by atoms with Crippen LogP contribution in [0.3, 0.4) is 0 Å². The van der Waals surface area contributed by atoms with Crippen LogP contribution in [0.2, 0.25) is 0 Å². The Balaban J connectivity index is 1.60. The summed E-state index contributed by atoms with van der Waals surface area (Å²) in [6.45, 7) is 1.59. The molecule has 2 aliphatic heterocycles. The van der Waals surface area contributed by atoms with Gasteiger partial charge in [0.25, 0.3) is 11.8 Å². The molecule has 0 unspecified atom stereocenters. The molecule has 1 aliphatic carbocycles. The predicted octanol–water partition coefficient (Wildman–Crippen LogP) is 1.60. The second-order valence-electron chi connectivity index (χ2n) is 8.02. The smallest absolute Gasteiger partial charge is 0.326 e. The third kappa shape index (κ3) is 2.83. The monoisotopic (exact) mass is 385 g/mol. The maximum atomic E-state index is 13.2. The summed E-state index contributed by atoms with van der Waals surface area (Å²) < 4.78 is 0. The van der Waals surface area contributed by atoms with Gasteiger partial charge in [0.2, 0.25) is 0 Å². The van der Waals surface area contributed by atoms with E-state index < -0.39 is 29.5 Å². The van der Waals surface area contributed by atoms with Crippen molar-refractivity contribution in [3.8, 4) is 0 Å². The molecule has 8 nitrogen and oxygen atoms in total. The molecule has 0 aromatic heterocycles. The van der Waals surface area contributed by atoms with E-state index in [0.29, 0.717) is 17.5 Å². The van der Waals surface area contributed by atoms with E-state index in [1.165, 1.54) is 0 Å². The second kappa shape index (κ2) is 6.61. The Hall–Kier alpha value is -2.90. The maximum absolute atomic E-state index is 13.2. The number of carbonyl (C=O) groups is 4.